The van der Waals surface area contributed by atoms with Gasteiger partial charge in [-0.15, -0.1) is 0 Å². The third kappa shape index (κ3) is 4.77. The minimum atomic E-state index is 0.285. The maximum absolute atomic E-state index is 12.3. The number of hydrogen-bond acceptors (Lipinski definition) is 2. The molecule has 1 aromatic carbocycles. The topological polar surface area (TPSA) is 38.3 Å². The lowest BCUT2D eigenvalue weighted by Crippen LogP contribution is -2.36. The van der Waals surface area contributed by atoms with Gasteiger partial charge < -0.3 is 10.1 Å². The lowest BCUT2D eigenvalue weighted by molar-refractivity contribution is -0.126. The normalized spacial score (nSPS) is 24.7. The van der Waals surface area contributed by atoms with Crippen molar-refractivity contribution < 1.29 is 9.53 Å². The van der Waals surface area contributed by atoms with Gasteiger partial charge in [-0.2, -0.15) is 0 Å². The van der Waals surface area contributed by atoms with Crippen molar-refractivity contribution >= 4 is 5.91 Å². The van der Waals surface area contributed by atoms with Gasteiger partial charge in [-0.25, -0.2) is 0 Å². The van der Waals surface area contributed by atoms with Crippen molar-refractivity contribution in [1.29, 1.82) is 0 Å². The number of amides is 1. The molecule has 0 atom stereocenters. The zero-order chi connectivity index (χ0) is 17.6. The molecule has 0 spiro atoms. The van der Waals surface area contributed by atoms with Crippen LogP contribution in [0.4, 0.5) is 0 Å². The van der Waals surface area contributed by atoms with Gasteiger partial charge in [0, 0.05) is 12.5 Å². The minimum Gasteiger partial charge on any atom is -0.496 e. The summed E-state index contributed by atoms with van der Waals surface area (Å²) in [7, 11) is 1.73. The molecule has 0 aromatic heterocycles. The first-order chi connectivity index (χ1) is 12.2. The molecule has 0 aliphatic heterocycles. The molecule has 25 heavy (non-hydrogen) atoms. The molecular weight excluding hydrogens is 310 g/mol. The molecule has 2 aliphatic carbocycles. The molecule has 0 saturated heterocycles. The Labute approximate surface area is 152 Å². The molecule has 0 radical (unpaired) electrons. The van der Waals surface area contributed by atoms with E-state index in [4.69, 9.17) is 4.74 Å². The van der Waals surface area contributed by atoms with Gasteiger partial charge in [0.25, 0.3) is 0 Å². The average Bonchev–Trinajstić information content (AvgIpc) is 2.67. The van der Waals surface area contributed by atoms with E-state index in [1.54, 1.807) is 7.11 Å². The number of hydrogen-bond donors (Lipinski definition) is 1. The highest BCUT2D eigenvalue weighted by Crippen LogP contribution is 2.37. The van der Waals surface area contributed by atoms with Crippen LogP contribution in [-0.4, -0.2) is 19.6 Å². The van der Waals surface area contributed by atoms with E-state index in [0.717, 1.165) is 25.1 Å². The number of ether oxygens (including phenoxy) is 1. The highest BCUT2D eigenvalue weighted by molar-refractivity contribution is 5.78. The van der Waals surface area contributed by atoms with Crippen LogP contribution in [0.3, 0.4) is 0 Å². The molecule has 3 heteroatoms. The maximum atomic E-state index is 12.3. The second-order valence-electron chi connectivity index (χ2n) is 8.03. The fraction of sp³-hybridized carbons (Fsp3) is 0.682. The SMILES string of the molecule is COc1ccc(C2CCC(CNC(=O)C3CCCCC3)CC2)cc1C. The Balaban J connectivity index is 1.44. The Hall–Kier alpha value is -1.51. The van der Waals surface area contributed by atoms with Crippen LogP contribution in [0.2, 0.25) is 0 Å². The van der Waals surface area contributed by atoms with Crippen LogP contribution in [0.25, 0.3) is 0 Å². The summed E-state index contributed by atoms with van der Waals surface area (Å²) in [5, 5.41) is 3.25. The van der Waals surface area contributed by atoms with Crippen LogP contribution in [0, 0.1) is 18.8 Å². The van der Waals surface area contributed by atoms with E-state index >= 15 is 0 Å². The van der Waals surface area contributed by atoms with Gasteiger partial charge in [-0.1, -0.05) is 31.4 Å². The molecule has 1 aromatic rings. The Morgan fingerprint density at radius 1 is 1.08 bits per heavy atom. The molecule has 2 fully saturated rings. The third-order valence-electron chi connectivity index (χ3n) is 6.28. The van der Waals surface area contributed by atoms with Crippen LogP contribution in [0.5, 0.6) is 5.75 Å². The summed E-state index contributed by atoms with van der Waals surface area (Å²) in [5.41, 5.74) is 2.67. The molecule has 0 bridgehead atoms. The van der Waals surface area contributed by atoms with E-state index in [0.29, 0.717) is 17.7 Å². The molecule has 138 valence electrons. The number of nitrogens with one attached hydrogen (secondary N) is 1. The van der Waals surface area contributed by atoms with E-state index in [-0.39, 0.29) is 5.92 Å². The van der Waals surface area contributed by atoms with Gasteiger partial charge >= 0.3 is 0 Å². The van der Waals surface area contributed by atoms with Crippen molar-refractivity contribution in [2.45, 2.75) is 70.6 Å². The molecule has 0 unspecified atom stereocenters. The first-order valence-electron chi connectivity index (χ1n) is 10.1. The Morgan fingerprint density at radius 3 is 2.44 bits per heavy atom. The summed E-state index contributed by atoms with van der Waals surface area (Å²) in [6, 6.07) is 6.61. The highest BCUT2D eigenvalue weighted by atomic mass is 16.5. The van der Waals surface area contributed by atoms with Crippen LogP contribution < -0.4 is 10.1 Å². The lowest BCUT2D eigenvalue weighted by Gasteiger charge is -2.30. The quantitative estimate of drug-likeness (QED) is 0.819. The fourth-order valence-corrected chi connectivity index (χ4v) is 4.61. The van der Waals surface area contributed by atoms with Crippen molar-refractivity contribution in [3.05, 3.63) is 29.3 Å². The number of carbonyl (C=O) groups excluding carboxylic acids is 1. The predicted octanol–water partition coefficient (Wildman–Crippen LogP) is 4.97. The van der Waals surface area contributed by atoms with E-state index in [2.05, 4.69) is 30.4 Å². The number of benzene rings is 1. The first kappa shape index (κ1) is 18.3. The average molecular weight is 344 g/mol. The second-order valence-corrected chi connectivity index (χ2v) is 8.03. The van der Waals surface area contributed by atoms with Gasteiger partial charge in [0.2, 0.25) is 5.91 Å². The van der Waals surface area contributed by atoms with Crippen LogP contribution in [-0.2, 0) is 4.79 Å². The summed E-state index contributed by atoms with van der Waals surface area (Å²) >= 11 is 0. The van der Waals surface area contributed by atoms with E-state index in [1.165, 1.54) is 56.1 Å². The van der Waals surface area contributed by atoms with Crippen molar-refractivity contribution in [2.24, 2.45) is 11.8 Å². The Morgan fingerprint density at radius 2 is 1.80 bits per heavy atom. The summed E-state index contributed by atoms with van der Waals surface area (Å²) in [6.45, 7) is 3.00. The van der Waals surface area contributed by atoms with Crippen molar-refractivity contribution in [2.75, 3.05) is 13.7 Å². The van der Waals surface area contributed by atoms with Crippen molar-refractivity contribution in [1.82, 2.24) is 5.32 Å². The third-order valence-corrected chi connectivity index (χ3v) is 6.28. The number of methoxy groups -OCH3 is 1. The standard InChI is InChI=1S/C22H33NO2/c1-16-14-20(12-13-21(16)25-2)18-10-8-17(9-11-18)15-23-22(24)19-6-4-3-5-7-19/h12-14,17-19H,3-11,15H2,1-2H3,(H,23,24). The van der Waals surface area contributed by atoms with Crippen LogP contribution in [0.15, 0.2) is 18.2 Å². The van der Waals surface area contributed by atoms with Gasteiger partial charge in [0.05, 0.1) is 7.11 Å². The Kier molecular flexibility index (Phi) is 6.39. The van der Waals surface area contributed by atoms with Crippen molar-refractivity contribution in [3.63, 3.8) is 0 Å². The number of aryl methyl sites for hydroxylation is 1. The molecule has 2 saturated carbocycles. The van der Waals surface area contributed by atoms with Gasteiger partial charge in [0.15, 0.2) is 0 Å². The van der Waals surface area contributed by atoms with Crippen LogP contribution in [0.1, 0.15) is 74.8 Å². The fourth-order valence-electron chi connectivity index (χ4n) is 4.61. The molecule has 2 aliphatic rings. The van der Waals surface area contributed by atoms with Crippen molar-refractivity contribution in [3.8, 4) is 5.75 Å². The summed E-state index contributed by atoms with van der Waals surface area (Å²) in [4.78, 5) is 12.3. The van der Waals surface area contributed by atoms with E-state index in [1.807, 2.05) is 0 Å². The first-order valence-corrected chi connectivity index (χ1v) is 10.1. The highest BCUT2D eigenvalue weighted by Gasteiger charge is 2.25. The maximum Gasteiger partial charge on any atom is 0.223 e. The molecule has 1 N–H and O–H groups in total. The monoisotopic (exact) mass is 343 g/mol. The molecule has 3 rings (SSSR count). The molecular formula is C22H33NO2. The second kappa shape index (κ2) is 8.73. The van der Waals surface area contributed by atoms with Gasteiger partial charge in [0.1, 0.15) is 5.75 Å². The number of carbonyl (C=O) groups is 1. The summed E-state index contributed by atoms with van der Waals surface area (Å²) < 4.78 is 5.37. The zero-order valence-electron chi connectivity index (χ0n) is 15.9. The summed E-state index contributed by atoms with van der Waals surface area (Å²) in [6.07, 6.45) is 10.9. The van der Waals surface area contributed by atoms with E-state index in [9.17, 15) is 4.79 Å². The molecule has 3 nitrogen and oxygen atoms in total. The predicted molar refractivity (Wildman–Crippen MR) is 102 cm³/mol. The number of rotatable bonds is 5. The van der Waals surface area contributed by atoms with E-state index < -0.39 is 0 Å². The zero-order valence-corrected chi connectivity index (χ0v) is 15.9. The van der Waals surface area contributed by atoms with Crippen LogP contribution >= 0.6 is 0 Å². The Bertz CT molecular complexity index is 569. The largest absolute Gasteiger partial charge is 0.496 e. The molecule has 0 heterocycles. The van der Waals surface area contributed by atoms with Gasteiger partial charge in [-0.05, 0) is 74.5 Å². The van der Waals surface area contributed by atoms with Gasteiger partial charge in [-0.3, -0.25) is 4.79 Å². The smallest absolute Gasteiger partial charge is 0.223 e. The minimum absolute atomic E-state index is 0.285. The lowest BCUT2D eigenvalue weighted by atomic mass is 9.78. The molecule has 1 amide bonds. The summed E-state index contributed by atoms with van der Waals surface area (Å²) in [5.74, 6) is 2.89.